The van der Waals surface area contributed by atoms with Gasteiger partial charge in [0.2, 0.25) is 0 Å². The fourth-order valence-electron chi connectivity index (χ4n) is 3.18. The molecular weight excluding hydrogens is 285 g/mol. The van der Waals surface area contributed by atoms with E-state index in [0.29, 0.717) is 0 Å². The van der Waals surface area contributed by atoms with E-state index in [1.165, 1.54) is 25.7 Å². The third kappa shape index (κ3) is 4.05. The summed E-state index contributed by atoms with van der Waals surface area (Å²) < 4.78 is 1.91. The minimum absolute atomic E-state index is 0. The van der Waals surface area contributed by atoms with Gasteiger partial charge in [0.15, 0.2) is 0 Å². The fraction of sp³-hybridized carbons (Fsp3) is 0.833. The van der Waals surface area contributed by atoms with Gasteiger partial charge in [-0.1, -0.05) is 0 Å². The van der Waals surface area contributed by atoms with Gasteiger partial charge in [-0.05, 0) is 32.7 Å². The molecule has 2 aliphatic heterocycles. The Labute approximate surface area is 127 Å². The van der Waals surface area contributed by atoms with Crippen LogP contribution in [0.25, 0.3) is 0 Å². The van der Waals surface area contributed by atoms with E-state index in [9.17, 15) is 0 Å². The second kappa shape index (κ2) is 7.43. The van der Waals surface area contributed by atoms with Crippen molar-refractivity contribution in [3.63, 3.8) is 0 Å². The lowest BCUT2D eigenvalue weighted by Gasteiger charge is -2.35. The molecule has 0 radical (unpaired) electrons. The average molecular weight is 308 g/mol. The second-order valence-corrected chi connectivity index (χ2v) is 5.40. The minimum Gasteiger partial charge on any atom is -0.311 e. The SMILES string of the molecule is CN(CCn1cncn1)C1CC2CCC(C1)N2.Cl.Cl. The van der Waals surface area contributed by atoms with Gasteiger partial charge in [-0.15, -0.1) is 24.8 Å². The monoisotopic (exact) mass is 307 g/mol. The van der Waals surface area contributed by atoms with Gasteiger partial charge in [0.05, 0.1) is 6.54 Å². The summed E-state index contributed by atoms with van der Waals surface area (Å²) in [6, 6.07) is 2.29. The van der Waals surface area contributed by atoms with Crippen molar-refractivity contribution in [2.24, 2.45) is 0 Å². The van der Waals surface area contributed by atoms with Crippen molar-refractivity contribution in [1.82, 2.24) is 25.0 Å². The van der Waals surface area contributed by atoms with E-state index < -0.39 is 0 Å². The van der Waals surface area contributed by atoms with Crippen LogP contribution in [0.5, 0.6) is 0 Å². The number of nitrogens with one attached hydrogen (secondary N) is 1. The van der Waals surface area contributed by atoms with E-state index in [0.717, 1.165) is 31.2 Å². The topological polar surface area (TPSA) is 46.0 Å². The molecule has 1 aromatic heterocycles. The Morgan fingerprint density at radius 1 is 1.26 bits per heavy atom. The standard InChI is InChI=1S/C12H21N5.2ClH/c1-16(4-5-17-9-13-8-14-17)12-6-10-2-3-11(7-12)15-10;;/h8-12,15H,2-7H2,1H3;2*1H. The Hall–Kier alpha value is -0.360. The van der Waals surface area contributed by atoms with Crippen LogP contribution in [0.15, 0.2) is 12.7 Å². The number of hydrogen-bond acceptors (Lipinski definition) is 4. The largest absolute Gasteiger partial charge is 0.311 e. The van der Waals surface area contributed by atoms with Gasteiger partial charge >= 0.3 is 0 Å². The van der Waals surface area contributed by atoms with Crippen molar-refractivity contribution >= 4 is 24.8 Å². The maximum absolute atomic E-state index is 4.14. The molecule has 2 unspecified atom stereocenters. The Morgan fingerprint density at radius 3 is 2.53 bits per heavy atom. The summed E-state index contributed by atoms with van der Waals surface area (Å²) in [4.78, 5) is 6.46. The van der Waals surface area contributed by atoms with Gasteiger partial charge in [0, 0.05) is 24.7 Å². The number of piperidine rings is 1. The molecule has 7 heteroatoms. The number of hydrogen-bond donors (Lipinski definition) is 1. The molecule has 110 valence electrons. The number of aromatic nitrogens is 3. The van der Waals surface area contributed by atoms with E-state index in [1.54, 1.807) is 12.7 Å². The number of nitrogens with zero attached hydrogens (tertiary/aromatic N) is 4. The zero-order valence-corrected chi connectivity index (χ0v) is 12.9. The maximum atomic E-state index is 4.14. The summed E-state index contributed by atoms with van der Waals surface area (Å²) in [6.07, 6.45) is 8.76. The molecule has 19 heavy (non-hydrogen) atoms. The molecule has 2 bridgehead atoms. The van der Waals surface area contributed by atoms with Crippen molar-refractivity contribution in [3.8, 4) is 0 Å². The van der Waals surface area contributed by atoms with Crippen molar-refractivity contribution in [2.45, 2.75) is 50.4 Å². The van der Waals surface area contributed by atoms with Crippen LogP contribution in [-0.2, 0) is 6.54 Å². The molecule has 1 N–H and O–H groups in total. The van der Waals surface area contributed by atoms with Gasteiger partial charge < -0.3 is 10.2 Å². The van der Waals surface area contributed by atoms with Crippen LogP contribution in [0.3, 0.4) is 0 Å². The zero-order valence-electron chi connectivity index (χ0n) is 11.2. The number of halogens is 2. The van der Waals surface area contributed by atoms with E-state index >= 15 is 0 Å². The normalized spacial score (nSPS) is 28.8. The van der Waals surface area contributed by atoms with Crippen LogP contribution in [0.2, 0.25) is 0 Å². The number of rotatable bonds is 4. The first kappa shape index (κ1) is 16.7. The third-order valence-corrected chi connectivity index (χ3v) is 4.22. The van der Waals surface area contributed by atoms with Crippen molar-refractivity contribution < 1.29 is 0 Å². The van der Waals surface area contributed by atoms with Gasteiger partial charge in [0.25, 0.3) is 0 Å². The van der Waals surface area contributed by atoms with E-state index in [1.807, 2.05) is 4.68 Å². The highest BCUT2D eigenvalue weighted by molar-refractivity contribution is 5.85. The first-order chi connectivity index (χ1) is 8.31. The number of fused-ring (bicyclic) bond motifs is 2. The summed E-state index contributed by atoms with van der Waals surface area (Å²) in [7, 11) is 2.24. The lowest BCUT2D eigenvalue weighted by atomic mass is 9.98. The Balaban J connectivity index is 0.000000902. The molecule has 3 rings (SSSR count). The van der Waals surface area contributed by atoms with Crippen LogP contribution in [0.4, 0.5) is 0 Å². The van der Waals surface area contributed by atoms with Crippen molar-refractivity contribution in [1.29, 1.82) is 0 Å². The lowest BCUT2D eigenvalue weighted by Crippen LogP contribution is -2.47. The highest BCUT2D eigenvalue weighted by Gasteiger charge is 2.34. The molecule has 2 aliphatic rings. The highest BCUT2D eigenvalue weighted by Crippen LogP contribution is 2.29. The average Bonchev–Trinajstić information content (AvgIpc) is 2.96. The molecule has 2 fully saturated rings. The van der Waals surface area contributed by atoms with E-state index in [-0.39, 0.29) is 24.8 Å². The molecule has 2 atom stereocenters. The summed E-state index contributed by atoms with van der Waals surface area (Å²) in [5, 5.41) is 7.83. The molecule has 0 amide bonds. The van der Waals surface area contributed by atoms with Crippen LogP contribution in [0.1, 0.15) is 25.7 Å². The van der Waals surface area contributed by atoms with Gasteiger partial charge in [0.1, 0.15) is 12.7 Å². The zero-order chi connectivity index (χ0) is 11.7. The molecule has 2 saturated heterocycles. The van der Waals surface area contributed by atoms with E-state index in [4.69, 9.17) is 0 Å². The minimum atomic E-state index is 0. The lowest BCUT2D eigenvalue weighted by molar-refractivity contribution is 0.166. The molecular formula is C12H23Cl2N5. The molecule has 0 saturated carbocycles. The smallest absolute Gasteiger partial charge is 0.137 e. The maximum Gasteiger partial charge on any atom is 0.137 e. The summed E-state index contributed by atoms with van der Waals surface area (Å²) in [5.41, 5.74) is 0. The second-order valence-electron chi connectivity index (χ2n) is 5.40. The summed E-state index contributed by atoms with van der Waals surface area (Å²) in [6.45, 7) is 2.00. The Bertz CT molecular complexity index is 347. The van der Waals surface area contributed by atoms with Crippen molar-refractivity contribution in [2.75, 3.05) is 13.6 Å². The quantitative estimate of drug-likeness (QED) is 0.912. The summed E-state index contributed by atoms with van der Waals surface area (Å²) >= 11 is 0. The van der Waals surface area contributed by atoms with Gasteiger partial charge in [-0.25, -0.2) is 4.98 Å². The molecule has 1 aromatic rings. The molecule has 0 spiro atoms. The third-order valence-electron chi connectivity index (χ3n) is 4.22. The van der Waals surface area contributed by atoms with Gasteiger partial charge in [-0.3, -0.25) is 4.68 Å². The highest BCUT2D eigenvalue weighted by atomic mass is 35.5. The predicted octanol–water partition coefficient (Wildman–Crippen LogP) is 1.34. The van der Waals surface area contributed by atoms with Crippen LogP contribution >= 0.6 is 24.8 Å². The number of likely N-dealkylation sites (N-methyl/N-ethyl adjacent to an activating group) is 1. The first-order valence-electron chi connectivity index (χ1n) is 6.60. The van der Waals surface area contributed by atoms with Crippen LogP contribution < -0.4 is 5.32 Å². The molecule has 5 nitrogen and oxygen atoms in total. The molecule has 0 aromatic carbocycles. The van der Waals surface area contributed by atoms with E-state index in [2.05, 4.69) is 27.3 Å². The predicted molar refractivity (Wildman–Crippen MR) is 80.1 cm³/mol. The van der Waals surface area contributed by atoms with Crippen LogP contribution in [0, 0.1) is 0 Å². The van der Waals surface area contributed by atoms with Crippen molar-refractivity contribution in [3.05, 3.63) is 12.7 Å². The van der Waals surface area contributed by atoms with Crippen LogP contribution in [-0.4, -0.2) is 51.4 Å². The van der Waals surface area contributed by atoms with Gasteiger partial charge in [-0.2, -0.15) is 5.10 Å². The fourth-order valence-corrected chi connectivity index (χ4v) is 3.18. The Morgan fingerprint density at radius 2 is 1.95 bits per heavy atom. The molecule has 0 aliphatic carbocycles. The Kier molecular flexibility index (Phi) is 6.53. The summed E-state index contributed by atoms with van der Waals surface area (Å²) in [5.74, 6) is 0. The molecule has 3 heterocycles. The first-order valence-corrected chi connectivity index (χ1v) is 6.60.